The summed E-state index contributed by atoms with van der Waals surface area (Å²) in [5, 5.41) is 3.29. The lowest BCUT2D eigenvalue weighted by Crippen LogP contribution is -2.52. The summed E-state index contributed by atoms with van der Waals surface area (Å²) in [4.78, 5) is 0. The molecule has 3 atom stereocenters. The maximum Gasteiger partial charge on any atom is 0.416 e. The van der Waals surface area contributed by atoms with Crippen LogP contribution in [0.2, 0.25) is 0 Å². The molecule has 1 heterocycles. The summed E-state index contributed by atoms with van der Waals surface area (Å²) in [6.45, 7) is 1.85. The third-order valence-corrected chi connectivity index (χ3v) is 5.40. The Morgan fingerprint density at radius 3 is 2.12 bits per heavy atom. The zero-order chi connectivity index (χ0) is 23.6. The van der Waals surface area contributed by atoms with Crippen LogP contribution in [0.15, 0.2) is 48.5 Å². The number of benzene rings is 2. The van der Waals surface area contributed by atoms with E-state index in [1.807, 2.05) is 30.3 Å². The summed E-state index contributed by atoms with van der Waals surface area (Å²) in [6.07, 6.45) is -7.20. The Morgan fingerprint density at radius 2 is 1.62 bits per heavy atom. The van der Waals surface area contributed by atoms with E-state index in [-0.39, 0.29) is 17.7 Å². The van der Waals surface area contributed by atoms with Gasteiger partial charge in [-0.05, 0) is 55.0 Å². The summed E-state index contributed by atoms with van der Waals surface area (Å²) in [7, 11) is 0. The van der Waals surface area contributed by atoms with Crippen LogP contribution < -0.4 is 11.1 Å². The molecule has 0 spiro atoms. The van der Waals surface area contributed by atoms with Gasteiger partial charge < -0.3 is 10.5 Å². The van der Waals surface area contributed by atoms with E-state index in [0.29, 0.717) is 31.5 Å². The van der Waals surface area contributed by atoms with Gasteiger partial charge in [0.1, 0.15) is 17.7 Å². The van der Waals surface area contributed by atoms with Crippen LogP contribution in [0.5, 0.6) is 0 Å². The maximum atomic E-state index is 13.1. The van der Waals surface area contributed by atoms with E-state index in [0.717, 1.165) is 5.56 Å². The molecule has 3 rings (SSSR count). The fraction of sp³-hybridized carbons (Fsp3) is 0.391. The zero-order valence-corrected chi connectivity index (χ0v) is 17.1. The highest BCUT2D eigenvalue weighted by Gasteiger charge is 2.38. The van der Waals surface area contributed by atoms with Crippen LogP contribution in [0.1, 0.15) is 48.1 Å². The standard InChI is InChI=1S/C23H22F6N2O/c1-15(16-11-18(22(24,25)26)13-19(12-16)23(27,28)29)32-10-9-21(8-7-20(30)14-31-21)17-5-3-2-4-6-17/h2-6,11-13,15,20,31H,7-8,14,30H2,1H3. The SMILES string of the molecule is CC(OC#CC1(c2ccccc2)CCC(N)CN1)c1cc(C(F)(F)F)cc(C(F)(F)F)c1. The predicted molar refractivity (Wildman–Crippen MR) is 107 cm³/mol. The van der Waals surface area contributed by atoms with E-state index in [4.69, 9.17) is 10.5 Å². The van der Waals surface area contributed by atoms with Crippen molar-refractivity contribution >= 4 is 0 Å². The first-order valence-electron chi connectivity index (χ1n) is 9.94. The lowest BCUT2D eigenvalue weighted by molar-refractivity contribution is -0.143. The van der Waals surface area contributed by atoms with Gasteiger partial charge in [0.15, 0.2) is 0 Å². The van der Waals surface area contributed by atoms with Crippen molar-refractivity contribution in [3.63, 3.8) is 0 Å². The molecule has 0 saturated carbocycles. The molecule has 0 amide bonds. The Morgan fingerprint density at radius 1 is 1.03 bits per heavy atom. The van der Waals surface area contributed by atoms with E-state index in [9.17, 15) is 26.3 Å². The van der Waals surface area contributed by atoms with Crippen LogP contribution in [0.3, 0.4) is 0 Å². The van der Waals surface area contributed by atoms with Crippen molar-refractivity contribution in [2.75, 3.05) is 6.54 Å². The Kier molecular flexibility index (Phi) is 6.77. The highest BCUT2D eigenvalue weighted by Crippen LogP contribution is 2.38. The van der Waals surface area contributed by atoms with Gasteiger partial charge in [0, 0.05) is 12.6 Å². The first-order valence-corrected chi connectivity index (χ1v) is 9.94. The third kappa shape index (κ3) is 5.56. The molecule has 0 aliphatic carbocycles. The minimum atomic E-state index is -4.93. The Hall–Kier alpha value is -2.70. The number of nitrogens with two attached hydrogens (primary N) is 1. The summed E-state index contributed by atoms with van der Waals surface area (Å²) in [6, 6.07) is 10.6. The van der Waals surface area contributed by atoms with Crippen molar-refractivity contribution in [3.05, 3.63) is 70.8 Å². The molecule has 1 fully saturated rings. The normalized spacial score (nSPS) is 22.6. The maximum absolute atomic E-state index is 13.1. The molecule has 1 aliphatic rings. The van der Waals surface area contributed by atoms with Gasteiger partial charge in [-0.3, -0.25) is 5.32 Å². The number of ether oxygens (including phenoxy) is 1. The second-order valence-electron chi connectivity index (χ2n) is 7.78. The van der Waals surface area contributed by atoms with Gasteiger partial charge in [-0.2, -0.15) is 26.3 Å². The van der Waals surface area contributed by atoms with Crippen molar-refractivity contribution in [1.29, 1.82) is 0 Å². The summed E-state index contributed by atoms with van der Waals surface area (Å²) >= 11 is 0. The quantitative estimate of drug-likeness (QED) is 0.482. The molecule has 0 bridgehead atoms. The Balaban J connectivity index is 1.89. The minimum absolute atomic E-state index is 0.0422. The zero-order valence-electron chi connectivity index (χ0n) is 17.1. The number of hydrogen-bond acceptors (Lipinski definition) is 3. The first-order chi connectivity index (χ1) is 14.9. The molecule has 1 saturated heterocycles. The molecule has 2 aromatic rings. The molecule has 9 heteroatoms. The van der Waals surface area contributed by atoms with E-state index in [1.54, 1.807) is 0 Å². The lowest BCUT2D eigenvalue weighted by Gasteiger charge is -2.36. The number of halogens is 6. The van der Waals surface area contributed by atoms with Crippen LogP contribution in [-0.2, 0) is 22.6 Å². The minimum Gasteiger partial charge on any atom is -0.439 e. The third-order valence-electron chi connectivity index (χ3n) is 5.40. The van der Waals surface area contributed by atoms with E-state index in [1.165, 1.54) is 6.92 Å². The molecule has 3 unspecified atom stereocenters. The second kappa shape index (κ2) is 9.04. The lowest BCUT2D eigenvalue weighted by atomic mass is 9.82. The van der Waals surface area contributed by atoms with Crippen LogP contribution in [0.25, 0.3) is 0 Å². The second-order valence-corrected chi connectivity index (χ2v) is 7.78. The largest absolute Gasteiger partial charge is 0.439 e. The number of rotatable bonds is 3. The van der Waals surface area contributed by atoms with E-state index >= 15 is 0 Å². The van der Waals surface area contributed by atoms with Gasteiger partial charge in [0.2, 0.25) is 0 Å². The van der Waals surface area contributed by atoms with Crippen molar-refractivity contribution in [2.24, 2.45) is 5.73 Å². The monoisotopic (exact) mass is 456 g/mol. The first kappa shape index (κ1) is 24.0. The predicted octanol–water partition coefficient (Wildman–Crippen LogP) is 5.37. The van der Waals surface area contributed by atoms with E-state index in [2.05, 4.69) is 17.3 Å². The molecular formula is C23H22F6N2O. The molecule has 172 valence electrons. The fourth-order valence-corrected chi connectivity index (χ4v) is 3.53. The van der Waals surface area contributed by atoms with E-state index < -0.39 is 35.1 Å². The summed E-state index contributed by atoms with van der Waals surface area (Å²) in [5.41, 5.74) is 3.00. The average Bonchev–Trinajstić information content (AvgIpc) is 2.74. The molecule has 3 N–H and O–H groups in total. The van der Waals surface area contributed by atoms with Gasteiger partial charge in [0.25, 0.3) is 0 Å². The molecule has 2 aromatic carbocycles. The molecule has 0 aromatic heterocycles. The van der Waals surface area contributed by atoms with Crippen molar-refractivity contribution in [3.8, 4) is 12.0 Å². The van der Waals surface area contributed by atoms with Crippen LogP contribution >= 0.6 is 0 Å². The molecule has 3 nitrogen and oxygen atoms in total. The molecule has 1 aliphatic heterocycles. The summed E-state index contributed by atoms with van der Waals surface area (Å²) < 4.78 is 84.0. The molecule has 32 heavy (non-hydrogen) atoms. The van der Waals surface area contributed by atoms with Crippen molar-refractivity contribution in [1.82, 2.24) is 5.32 Å². The molecular weight excluding hydrogens is 434 g/mol. The van der Waals surface area contributed by atoms with Gasteiger partial charge in [-0.15, -0.1) is 0 Å². The summed E-state index contributed by atoms with van der Waals surface area (Å²) in [5.74, 6) is 2.98. The highest BCUT2D eigenvalue weighted by molar-refractivity contribution is 5.36. The number of piperidine rings is 1. The molecule has 0 radical (unpaired) electrons. The number of nitrogens with one attached hydrogen (secondary N) is 1. The van der Waals surface area contributed by atoms with Gasteiger partial charge in [-0.1, -0.05) is 30.3 Å². The average molecular weight is 456 g/mol. The Labute approximate surface area is 181 Å². The smallest absolute Gasteiger partial charge is 0.416 e. The van der Waals surface area contributed by atoms with Crippen LogP contribution in [0.4, 0.5) is 26.3 Å². The van der Waals surface area contributed by atoms with Gasteiger partial charge in [0.05, 0.1) is 11.1 Å². The van der Waals surface area contributed by atoms with Crippen molar-refractivity contribution < 1.29 is 31.1 Å². The van der Waals surface area contributed by atoms with Crippen LogP contribution in [0, 0.1) is 12.0 Å². The topological polar surface area (TPSA) is 47.3 Å². The Bertz CT molecular complexity index is 951. The van der Waals surface area contributed by atoms with Crippen molar-refractivity contribution in [2.45, 2.75) is 49.8 Å². The van der Waals surface area contributed by atoms with Crippen LogP contribution in [-0.4, -0.2) is 12.6 Å². The number of hydrogen-bond donors (Lipinski definition) is 2. The van der Waals surface area contributed by atoms with Gasteiger partial charge in [-0.25, -0.2) is 0 Å². The highest BCUT2D eigenvalue weighted by atomic mass is 19.4. The fourth-order valence-electron chi connectivity index (χ4n) is 3.53. The van der Waals surface area contributed by atoms with Gasteiger partial charge >= 0.3 is 12.4 Å². The number of alkyl halides is 6.